The minimum Gasteiger partial charge on any atom is -0.481 e. The fourth-order valence-electron chi connectivity index (χ4n) is 1.34. The van der Waals surface area contributed by atoms with Gasteiger partial charge in [0.05, 0.1) is 10.9 Å². The van der Waals surface area contributed by atoms with Crippen molar-refractivity contribution in [1.82, 2.24) is 9.97 Å². The molecule has 0 atom stereocenters. The van der Waals surface area contributed by atoms with Crippen LogP contribution in [0.25, 0.3) is 0 Å². The highest BCUT2D eigenvalue weighted by atomic mass is 79.9. The van der Waals surface area contributed by atoms with Crippen LogP contribution in [0, 0.1) is 0 Å². The molecule has 6 heteroatoms. The van der Waals surface area contributed by atoms with Gasteiger partial charge in [0.1, 0.15) is 12.1 Å². The van der Waals surface area contributed by atoms with Crippen molar-refractivity contribution < 1.29 is 14.6 Å². The van der Waals surface area contributed by atoms with Gasteiger partial charge in [0.25, 0.3) is 0 Å². The highest BCUT2D eigenvalue weighted by Crippen LogP contribution is 2.26. The molecule has 0 bridgehead atoms. The number of hydrogen-bond donors (Lipinski definition) is 1. The van der Waals surface area contributed by atoms with E-state index in [1.54, 1.807) is 30.5 Å². The number of aliphatic carboxylic acids is 1. The Bertz CT molecular complexity index is 558. The number of benzene rings is 1. The molecule has 1 aromatic heterocycles. The summed E-state index contributed by atoms with van der Waals surface area (Å²) in [6.45, 7) is 0. The quantitative estimate of drug-likeness (QED) is 0.940. The molecule has 2 rings (SSSR count). The summed E-state index contributed by atoms with van der Waals surface area (Å²) < 4.78 is 6.18. The molecular formula is C12H9BrN2O3. The maximum Gasteiger partial charge on any atom is 0.307 e. The third-order valence-electron chi connectivity index (χ3n) is 2.13. The number of carbonyl (C=O) groups is 1. The van der Waals surface area contributed by atoms with E-state index in [1.807, 2.05) is 0 Å². The first kappa shape index (κ1) is 12.5. The highest BCUT2D eigenvalue weighted by Gasteiger charge is 2.05. The van der Waals surface area contributed by atoms with Gasteiger partial charge in [0.15, 0.2) is 0 Å². The number of halogens is 1. The van der Waals surface area contributed by atoms with Crippen LogP contribution in [0.5, 0.6) is 11.6 Å². The molecule has 0 fully saturated rings. The Balaban J connectivity index is 2.11. The van der Waals surface area contributed by atoms with E-state index in [-0.39, 0.29) is 6.42 Å². The van der Waals surface area contributed by atoms with Crippen LogP contribution in [0.4, 0.5) is 0 Å². The van der Waals surface area contributed by atoms with Crippen LogP contribution in [0.1, 0.15) is 5.56 Å². The summed E-state index contributed by atoms with van der Waals surface area (Å²) >= 11 is 3.27. The minimum absolute atomic E-state index is 0.00250. The number of aromatic nitrogens is 2. The smallest absolute Gasteiger partial charge is 0.307 e. The normalized spacial score (nSPS) is 10.1. The van der Waals surface area contributed by atoms with Crippen molar-refractivity contribution in [2.45, 2.75) is 6.42 Å². The van der Waals surface area contributed by atoms with Gasteiger partial charge in [-0.1, -0.05) is 12.1 Å². The van der Waals surface area contributed by atoms with Crippen LogP contribution in [-0.4, -0.2) is 21.0 Å². The predicted molar refractivity (Wildman–Crippen MR) is 67.6 cm³/mol. The lowest BCUT2D eigenvalue weighted by Crippen LogP contribution is -1.99. The molecule has 0 aliphatic carbocycles. The molecule has 1 heterocycles. The predicted octanol–water partition coefficient (Wildman–Crippen LogP) is 2.66. The maximum atomic E-state index is 10.5. The van der Waals surface area contributed by atoms with Crippen molar-refractivity contribution in [3.63, 3.8) is 0 Å². The molecular weight excluding hydrogens is 300 g/mol. The van der Waals surface area contributed by atoms with Crippen LogP contribution in [0.3, 0.4) is 0 Å². The third kappa shape index (κ3) is 3.27. The van der Waals surface area contributed by atoms with Crippen molar-refractivity contribution in [1.29, 1.82) is 0 Å². The zero-order valence-electron chi connectivity index (χ0n) is 9.21. The number of ether oxygens (including phenoxy) is 1. The highest BCUT2D eigenvalue weighted by molar-refractivity contribution is 9.10. The molecule has 0 aliphatic rings. The molecule has 0 amide bonds. The van der Waals surface area contributed by atoms with Crippen LogP contribution in [0.2, 0.25) is 0 Å². The number of hydrogen-bond acceptors (Lipinski definition) is 4. The van der Waals surface area contributed by atoms with Crippen molar-refractivity contribution in [3.8, 4) is 11.6 Å². The summed E-state index contributed by atoms with van der Waals surface area (Å²) in [6.07, 6.45) is 2.97. The molecule has 5 nitrogen and oxygen atoms in total. The second kappa shape index (κ2) is 5.59. The first-order chi connectivity index (χ1) is 8.65. The van der Waals surface area contributed by atoms with E-state index in [1.165, 1.54) is 6.33 Å². The summed E-state index contributed by atoms with van der Waals surface area (Å²) in [5.74, 6) is 0.140. The fraction of sp³-hybridized carbons (Fsp3) is 0.0833. The van der Waals surface area contributed by atoms with Gasteiger partial charge in [0.2, 0.25) is 5.88 Å². The zero-order valence-corrected chi connectivity index (χ0v) is 10.8. The lowest BCUT2D eigenvalue weighted by molar-refractivity contribution is -0.136. The Kier molecular flexibility index (Phi) is 3.88. The Morgan fingerprint density at radius 2 is 2.06 bits per heavy atom. The third-order valence-corrected chi connectivity index (χ3v) is 2.67. The molecule has 0 spiro atoms. The first-order valence-electron chi connectivity index (χ1n) is 5.09. The summed E-state index contributed by atoms with van der Waals surface area (Å²) in [6, 6.07) is 6.82. The number of nitrogens with zero attached hydrogens (tertiary/aromatic N) is 2. The lowest BCUT2D eigenvalue weighted by atomic mass is 10.1. The van der Waals surface area contributed by atoms with Gasteiger partial charge in [0, 0.05) is 6.20 Å². The minimum atomic E-state index is -0.859. The van der Waals surface area contributed by atoms with Gasteiger partial charge in [-0.3, -0.25) is 4.79 Å². The molecule has 1 aromatic carbocycles. The summed E-state index contributed by atoms with van der Waals surface area (Å²) in [7, 11) is 0. The molecule has 1 N–H and O–H groups in total. The molecule has 2 aromatic rings. The topological polar surface area (TPSA) is 72.3 Å². The molecule has 18 heavy (non-hydrogen) atoms. The molecule has 92 valence electrons. The van der Waals surface area contributed by atoms with E-state index in [0.29, 0.717) is 16.1 Å². The lowest BCUT2D eigenvalue weighted by Gasteiger charge is -2.06. The van der Waals surface area contributed by atoms with Crippen LogP contribution in [0.15, 0.2) is 41.3 Å². The summed E-state index contributed by atoms with van der Waals surface area (Å²) in [4.78, 5) is 18.3. The zero-order chi connectivity index (χ0) is 13.0. The molecule has 0 aliphatic heterocycles. The fourth-order valence-corrected chi connectivity index (χ4v) is 1.64. The Hall–Kier alpha value is -1.95. The van der Waals surface area contributed by atoms with Gasteiger partial charge in [-0.25, -0.2) is 9.97 Å². The van der Waals surface area contributed by atoms with Crippen molar-refractivity contribution in [3.05, 3.63) is 46.8 Å². The monoisotopic (exact) mass is 308 g/mol. The summed E-state index contributed by atoms with van der Waals surface area (Å²) in [5.41, 5.74) is 0.719. The van der Waals surface area contributed by atoms with Gasteiger partial charge in [-0.2, -0.15) is 0 Å². The maximum absolute atomic E-state index is 10.5. The van der Waals surface area contributed by atoms with Crippen molar-refractivity contribution in [2.75, 3.05) is 0 Å². The van der Waals surface area contributed by atoms with Gasteiger partial charge < -0.3 is 9.84 Å². The largest absolute Gasteiger partial charge is 0.481 e. The molecule has 0 radical (unpaired) electrons. The Morgan fingerprint density at radius 1 is 1.33 bits per heavy atom. The average Bonchev–Trinajstić information content (AvgIpc) is 2.34. The number of rotatable bonds is 4. The van der Waals surface area contributed by atoms with E-state index >= 15 is 0 Å². The van der Waals surface area contributed by atoms with Gasteiger partial charge in [-0.15, -0.1) is 0 Å². The Morgan fingerprint density at radius 3 is 2.67 bits per heavy atom. The van der Waals surface area contributed by atoms with Gasteiger partial charge in [-0.05, 0) is 33.6 Å². The molecule has 0 unspecified atom stereocenters. The van der Waals surface area contributed by atoms with E-state index in [0.717, 1.165) is 5.56 Å². The van der Waals surface area contributed by atoms with Crippen molar-refractivity contribution >= 4 is 21.9 Å². The number of carboxylic acids is 1. The second-order valence-corrected chi connectivity index (χ2v) is 4.35. The summed E-state index contributed by atoms with van der Waals surface area (Å²) in [5, 5.41) is 8.65. The van der Waals surface area contributed by atoms with E-state index < -0.39 is 5.97 Å². The van der Waals surface area contributed by atoms with Gasteiger partial charge >= 0.3 is 5.97 Å². The molecule has 0 saturated heterocycles. The van der Waals surface area contributed by atoms with Crippen molar-refractivity contribution in [2.24, 2.45) is 0 Å². The standard InChI is InChI=1S/C12H9BrN2O3/c13-10-6-14-7-15-12(10)18-9-3-1-8(2-4-9)5-11(16)17/h1-4,6-7H,5H2,(H,16,17). The van der Waals surface area contributed by atoms with E-state index in [4.69, 9.17) is 9.84 Å². The van der Waals surface area contributed by atoms with Crippen LogP contribution < -0.4 is 4.74 Å². The SMILES string of the molecule is O=C(O)Cc1ccc(Oc2ncncc2Br)cc1. The van der Waals surface area contributed by atoms with E-state index in [9.17, 15) is 4.79 Å². The molecule has 0 saturated carbocycles. The van der Waals surface area contributed by atoms with E-state index in [2.05, 4.69) is 25.9 Å². The van der Waals surface area contributed by atoms with Crippen LogP contribution in [-0.2, 0) is 11.2 Å². The van der Waals surface area contributed by atoms with Crippen LogP contribution >= 0.6 is 15.9 Å². The first-order valence-corrected chi connectivity index (χ1v) is 5.88. The number of carboxylic acid groups (broad SMARTS) is 1. The second-order valence-electron chi connectivity index (χ2n) is 3.49. The average molecular weight is 309 g/mol. The Labute approximate surface area is 112 Å².